The lowest BCUT2D eigenvalue weighted by atomic mass is 9.99. The third kappa shape index (κ3) is 5.33. The molecule has 0 aromatic carbocycles. The summed E-state index contributed by atoms with van der Waals surface area (Å²) in [6, 6.07) is 0. The summed E-state index contributed by atoms with van der Waals surface area (Å²) >= 11 is 0. The highest BCUT2D eigenvalue weighted by Gasteiger charge is 2.13. The topological polar surface area (TPSA) is 0 Å². The van der Waals surface area contributed by atoms with Crippen molar-refractivity contribution in [3.63, 3.8) is 0 Å². The Labute approximate surface area is 84.1 Å². The Morgan fingerprint density at radius 2 is 1.46 bits per heavy atom. The van der Waals surface area contributed by atoms with Crippen molar-refractivity contribution in [3.05, 3.63) is 6.92 Å². The molecule has 0 aromatic heterocycles. The van der Waals surface area contributed by atoms with Gasteiger partial charge in [-0.2, -0.15) is 0 Å². The fourth-order valence-corrected chi connectivity index (χ4v) is 2.44. The molecule has 77 valence electrons. The Morgan fingerprint density at radius 3 is 2.15 bits per heavy atom. The van der Waals surface area contributed by atoms with E-state index in [4.69, 9.17) is 0 Å². The SMILES string of the molecule is [CH2]CCCCCCCC1CCCC1. The Bertz CT molecular complexity index is 101. The number of hydrogen-bond donors (Lipinski definition) is 0. The molecule has 0 unspecified atom stereocenters. The van der Waals surface area contributed by atoms with Crippen LogP contribution < -0.4 is 0 Å². The van der Waals surface area contributed by atoms with Crippen molar-refractivity contribution in [3.8, 4) is 0 Å². The predicted molar refractivity (Wildman–Crippen MR) is 59.6 cm³/mol. The molecule has 0 aromatic rings. The van der Waals surface area contributed by atoms with E-state index in [0.29, 0.717) is 0 Å². The molecule has 0 heteroatoms. The van der Waals surface area contributed by atoms with Gasteiger partial charge in [-0.3, -0.25) is 0 Å². The molecule has 1 fully saturated rings. The lowest BCUT2D eigenvalue weighted by Gasteiger charge is -2.07. The molecule has 13 heavy (non-hydrogen) atoms. The highest BCUT2D eigenvalue weighted by Crippen LogP contribution is 2.29. The molecule has 0 nitrogen and oxygen atoms in total. The van der Waals surface area contributed by atoms with Crippen LogP contribution in [0.25, 0.3) is 0 Å². The van der Waals surface area contributed by atoms with E-state index in [-0.39, 0.29) is 0 Å². The van der Waals surface area contributed by atoms with Gasteiger partial charge in [-0.05, 0) is 5.92 Å². The summed E-state index contributed by atoms with van der Waals surface area (Å²) in [7, 11) is 0. The van der Waals surface area contributed by atoms with Gasteiger partial charge in [-0.1, -0.05) is 77.6 Å². The maximum atomic E-state index is 3.87. The van der Waals surface area contributed by atoms with Gasteiger partial charge in [0.25, 0.3) is 0 Å². The second-order valence-electron chi connectivity index (χ2n) is 4.56. The predicted octanol–water partition coefficient (Wildman–Crippen LogP) is 4.74. The molecule has 1 saturated carbocycles. The summed E-state index contributed by atoms with van der Waals surface area (Å²) in [6.45, 7) is 3.87. The number of rotatable bonds is 7. The van der Waals surface area contributed by atoms with Gasteiger partial charge < -0.3 is 0 Å². The smallest absolute Gasteiger partial charge is 0.0414 e. The van der Waals surface area contributed by atoms with Crippen molar-refractivity contribution in [2.75, 3.05) is 0 Å². The molecule has 1 aliphatic rings. The molecule has 0 saturated heterocycles. The van der Waals surface area contributed by atoms with Crippen LogP contribution in [-0.2, 0) is 0 Å². The quantitative estimate of drug-likeness (QED) is 0.498. The van der Waals surface area contributed by atoms with Crippen molar-refractivity contribution in [1.29, 1.82) is 0 Å². The van der Waals surface area contributed by atoms with Gasteiger partial charge in [-0.15, -0.1) is 0 Å². The lowest BCUT2D eigenvalue weighted by molar-refractivity contribution is 0.463. The zero-order valence-corrected chi connectivity index (χ0v) is 9.06. The van der Waals surface area contributed by atoms with Crippen LogP contribution in [0.2, 0.25) is 0 Å². The van der Waals surface area contributed by atoms with Crippen LogP contribution in [0.5, 0.6) is 0 Å². The van der Waals surface area contributed by atoms with Gasteiger partial charge in [0.2, 0.25) is 0 Å². The van der Waals surface area contributed by atoms with Crippen LogP contribution in [0.15, 0.2) is 0 Å². The average molecular weight is 181 g/mol. The minimum atomic E-state index is 1.10. The fourth-order valence-electron chi connectivity index (χ4n) is 2.44. The molecule has 1 radical (unpaired) electrons. The zero-order chi connectivity index (χ0) is 9.36. The number of hydrogen-bond acceptors (Lipinski definition) is 0. The van der Waals surface area contributed by atoms with E-state index in [1.807, 2.05) is 0 Å². The maximum Gasteiger partial charge on any atom is -0.0414 e. The van der Waals surface area contributed by atoms with E-state index in [1.54, 1.807) is 0 Å². The average Bonchev–Trinajstić information content (AvgIpc) is 2.63. The van der Waals surface area contributed by atoms with Gasteiger partial charge >= 0.3 is 0 Å². The zero-order valence-electron chi connectivity index (χ0n) is 9.06. The van der Waals surface area contributed by atoms with Crippen molar-refractivity contribution >= 4 is 0 Å². The van der Waals surface area contributed by atoms with Crippen molar-refractivity contribution < 1.29 is 0 Å². The molecule has 0 atom stereocenters. The molecular formula is C13H25. The molecule has 1 rings (SSSR count). The van der Waals surface area contributed by atoms with E-state index < -0.39 is 0 Å². The second-order valence-corrected chi connectivity index (χ2v) is 4.56. The van der Waals surface area contributed by atoms with Crippen molar-refractivity contribution in [2.45, 2.75) is 70.6 Å². The van der Waals surface area contributed by atoms with Crippen molar-refractivity contribution in [1.82, 2.24) is 0 Å². The third-order valence-electron chi connectivity index (χ3n) is 3.34. The summed E-state index contributed by atoms with van der Waals surface area (Å²) in [6.07, 6.45) is 15.9. The van der Waals surface area contributed by atoms with Crippen LogP contribution in [0.4, 0.5) is 0 Å². The Kier molecular flexibility index (Phi) is 6.31. The first-order valence-electron chi connectivity index (χ1n) is 6.22. The van der Waals surface area contributed by atoms with Crippen LogP contribution >= 0.6 is 0 Å². The van der Waals surface area contributed by atoms with E-state index in [0.717, 1.165) is 12.3 Å². The highest BCUT2D eigenvalue weighted by molar-refractivity contribution is 4.66. The normalized spacial score (nSPS) is 18.2. The first-order valence-corrected chi connectivity index (χ1v) is 6.22. The minimum Gasteiger partial charge on any atom is -0.0533 e. The van der Waals surface area contributed by atoms with Gasteiger partial charge in [0, 0.05) is 0 Å². The van der Waals surface area contributed by atoms with E-state index in [2.05, 4.69) is 6.92 Å². The summed E-state index contributed by atoms with van der Waals surface area (Å²) in [5.74, 6) is 1.10. The Balaban J connectivity index is 1.78. The summed E-state index contributed by atoms with van der Waals surface area (Å²) < 4.78 is 0. The first kappa shape index (κ1) is 11.1. The van der Waals surface area contributed by atoms with Crippen LogP contribution in [0.3, 0.4) is 0 Å². The fraction of sp³-hybridized carbons (Fsp3) is 0.923. The van der Waals surface area contributed by atoms with Gasteiger partial charge in [-0.25, -0.2) is 0 Å². The monoisotopic (exact) mass is 181 g/mol. The van der Waals surface area contributed by atoms with Crippen LogP contribution in [0, 0.1) is 12.8 Å². The maximum absolute atomic E-state index is 3.87. The second kappa shape index (κ2) is 7.41. The molecule has 0 spiro atoms. The van der Waals surface area contributed by atoms with E-state index >= 15 is 0 Å². The van der Waals surface area contributed by atoms with Crippen LogP contribution in [0.1, 0.15) is 70.6 Å². The largest absolute Gasteiger partial charge is 0.0533 e. The lowest BCUT2D eigenvalue weighted by Crippen LogP contribution is -1.92. The molecule has 0 N–H and O–H groups in total. The minimum absolute atomic E-state index is 1.10. The molecule has 1 aliphatic carbocycles. The third-order valence-corrected chi connectivity index (χ3v) is 3.34. The Hall–Kier alpha value is 0. The molecule has 0 heterocycles. The van der Waals surface area contributed by atoms with E-state index in [1.165, 1.54) is 64.2 Å². The highest BCUT2D eigenvalue weighted by atomic mass is 14.2. The Morgan fingerprint density at radius 1 is 0.846 bits per heavy atom. The van der Waals surface area contributed by atoms with Crippen LogP contribution in [-0.4, -0.2) is 0 Å². The standard InChI is InChI=1S/C13H25/c1-2-3-4-5-6-7-10-13-11-8-9-12-13/h13H,1-12H2. The summed E-state index contributed by atoms with van der Waals surface area (Å²) in [4.78, 5) is 0. The first-order chi connectivity index (χ1) is 6.43. The molecule has 0 amide bonds. The van der Waals surface area contributed by atoms with E-state index in [9.17, 15) is 0 Å². The van der Waals surface area contributed by atoms with Gasteiger partial charge in [0.15, 0.2) is 0 Å². The number of unbranched alkanes of at least 4 members (excludes halogenated alkanes) is 5. The van der Waals surface area contributed by atoms with Gasteiger partial charge in [0.05, 0.1) is 0 Å². The van der Waals surface area contributed by atoms with Gasteiger partial charge in [0.1, 0.15) is 0 Å². The molecule has 0 aliphatic heterocycles. The molecule has 0 bridgehead atoms. The summed E-state index contributed by atoms with van der Waals surface area (Å²) in [5, 5.41) is 0. The molecular weight excluding hydrogens is 156 g/mol. The van der Waals surface area contributed by atoms with Crippen molar-refractivity contribution in [2.24, 2.45) is 5.92 Å². The summed E-state index contributed by atoms with van der Waals surface area (Å²) in [5.41, 5.74) is 0.